The van der Waals surface area contributed by atoms with Gasteiger partial charge in [0.15, 0.2) is 0 Å². The number of nitrogens with one attached hydrogen (secondary N) is 1. The molecule has 2 rings (SSSR count). The number of aromatic nitrogens is 3. The molecule has 0 aliphatic carbocycles. The normalized spacial score (nSPS) is 29.5. The molecule has 0 radical (unpaired) electrons. The van der Waals surface area contributed by atoms with Crippen molar-refractivity contribution in [1.29, 1.82) is 0 Å². The van der Waals surface area contributed by atoms with Gasteiger partial charge in [-0.1, -0.05) is 5.92 Å². The van der Waals surface area contributed by atoms with Crippen molar-refractivity contribution in [3.05, 3.63) is 27.0 Å². The molecule has 1 aromatic heterocycles. The highest BCUT2D eigenvalue weighted by Gasteiger charge is 2.59. The van der Waals surface area contributed by atoms with Crippen LogP contribution in [0.5, 0.6) is 0 Å². The van der Waals surface area contributed by atoms with E-state index in [-0.39, 0.29) is 0 Å². The quantitative estimate of drug-likeness (QED) is 0.163. The van der Waals surface area contributed by atoms with Gasteiger partial charge in [0.2, 0.25) is 11.9 Å². The fourth-order valence-corrected chi connectivity index (χ4v) is 5.48. The van der Waals surface area contributed by atoms with Crippen LogP contribution in [0.25, 0.3) is 0 Å². The number of phosphoric acid groups is 3. The molecule has 3 unspecified atom stereocenters. The number of aliphatic hydroxyl groups is 1. The highest BCUT2D eigenvalue weighted by atomic mass is 31.3. The third kappa shape index (κ3) is 6.49. The predicted octanol–water partition coefficient (Wildman–Crippen LogP) is -1.74. The molecule has 1 aliphatic heterocycles. The first-order valence-electron chi connectivity index (χ1n) is 7.92. The zero-order valence-electron chi connectivity index (χ0n) is 15.5. The summed E-state index contributed by atoms with van der Waals surface area (Å²) in [4.78, 5) is 60.3. The summed E-state index contributed by atoms with van der Waals surface area (Å²) in [5.41, 5.74) is -5.23. The van der Waals surface area contributed by atoms with Crippen LogP contribution in [0.2, 0.25) is 0 Å². The average molecular weight is 525 g/mol. The van der Waals surface area contributed by atoms with E-state index >= 15 is 4.39 Å². The topological polar surface area (TPSA) is 257 Å². The molecule has 6 N–H and O–H groups in total. The largest absolute Gasteiger partial charge is 0.490 e. The molecule has 180 valence electrons. The summed E-state index contributed by atoms with van der Waals surface area (Å²) in [5.74, 6) is 4.11. The molecule has 1 fully saturated rings. The van der Waals surface area contributed by atoms with Crippen molar-refractivity contribution in [2.75, 3.05) is 6.61 Å². The molecule has 1 aromatic rings. The Labute approximate surface area is 176 Å². The van der Waals surface area contributed by atoms with Crippen molar-refractivity contribution in [1.82, 2.24) is 14.8 Å². The van der Waals surface area contributed by atoms with Crippen LogP contribution in [-0.2, 0) is 31.6 Å². The van der Waals surface area contributed by atoms with Crippen LogP contribution < -0.4 is 11.2 Å². The Hall–Kier alpha value is -1.57. The molecule has 1 aliphatic rings. The van der Waals surface area contributed by atoms with Gasteiger partial charge in [0.05, 0.1) is 6.61 Å². The number of nitrogens with zero attached hydrogens (tertiary/aromatic N) is 2. The molecule has 0 bridgehead atoms. The molecule has 1 saturated heterocycles. The second kappa shape index (κ2) is 9.35. The Bertz CT molecular complexity index is 1180. The van der Waals surface area contributed by atoms with E-state index in [1.54, 1.807) is 4.98 Å². The standard InChI is InChI=1S/C11H15FN3O14P3/c1-2-3-11(12)8(17)6(27-9(11)15-10(18)14-7(16)4-13-15)5-26-31(22,23)29-32(24,25)28-30(19,20)21/h4,6,8-9,17H,5H2,1H3,(H,22,23)(H,24,25)(H,14,16,18)(H2,19,20,21)/t6-,8+,9-,11?/m1/s1. The number of aromatic amines is 1. The van der Waals surface area contributed by atoms with Crippen molar-refractivity contribution in [3.63, 3.8) is 0 Å². The smallest absolute Gasteiger partial charge is 0.386 e. The molecule has 0 saturated carbocycles. The molecule has 0 amide bonds. The summed E-state index contributed by atoms with van der Waals surface area (Å²) < 4.78 is 65.8. The van der Waals surface area contributed by atoms with Crippen molar-refractivity contribution >= 4 is 23.5 Å². The number of rotatable bonds is 8. The van der Waals surface area contributed by atoms with Crippen molar-refractivity contribution in [3.8, 4) is 11.8 Å². The molecule has 17 nitrogen and oxygen atoms in total. The zero-order valence-corrected chi connectivity index (χ0v) is 18.2. The van der Waals surface area contributed by atoms with E-state index < -0.39 is 65.4 Å². The molecule has 32 heavy (non-hydrogen) atoms. The number of phosphoric ester groups is 1. The highest BCUT2D eigenvalue weighted by Crippen LogP contribution is 2.66. The van der Waals surface area contributed by atoms with Crippen molar-refractivity contribution < 1.29 is 60.6 Å². The second-order valence-electron chi connectivity index (χ2n) is 5.89. The van der Waals surface area contributed by atoms with Crippen LogP contribution in [0.15, 0.2) is 15.8 Å². The van der Waals surface area contributed by atoms with Crippen LogP contribution in [0, 0.1) is 11.8 Å². The van der Waals surface area contributed by atoms with Crippen LogP contribution in [0.3, 0.4) is 0 Å². The van der Waals surface area contributed by atoms with Crippen LogP contribution >= 0.6 is 23.5 Å². The first-order chi connectivity index (χ1) is 14.5. The van der Waals surface area contributed by atoms with E-state index in [0.29, 0.717) is 10.9 Å². The van der Waals surface area contributed by atoms with Gasteiger partial charge in [-0.3, -0.25) is 14.3 Å². The highest BCUT2D eigenvalue weighted by molar-refractivity contribution is 7.66. The molecular weight excluding hydrogens is 510 g/mol. The minimum absolute atomic E-state index is 0.291. The van der Waals surface area contributed by atoms with Gasteiger partial charge in [0.25, 0.3) is 5.56 Å². The van der Waals surface area contributed by atoms with E-state index in [1.807, 2.05) is 5.92 Å². The molecular formula is C11H15FN3O14P3. The fourth-order valence-electron chi connectivity index (χ4n) is 2.45. The van der Waals surface area contributed by atoms with Crippen molar-refractivity contribution in [2.24, 2.45) is 0 Å². The van der Waals surface area contributed by atoms with Gasteiger partial charge in [-0.25, -0.2) is 22.9 Å². The first-order valence-corrected chi connectivity index (χ1v) is 12.4. The van der Waals surface area contributed by atoms with Gasteiger partial charge in [-0.15, -0.1) is 5.92 Å². The molecule has 0 spiro atoms. The maximum Gasteiger partial charge on any atom is 0.490 e. The molecule has 21 heteroatoms. The number of hydrogen-bond acceptors (Lipinski definition) is 11. The summed E-state index contributed by atoms with van der Waals surface area (Å²) in [6.07, 6.45) is -5.61. The zero-order chi connectivity index (χ0) is 24.5. The Balaban J connectivity index is 2.24. The first kappa shape index (κ1) is 26.7. The minimum Gasteiger partial charge on any atom is -0.386 e. The number of ether oxygens (including phenoxy) is 1. The fraction of sp³-hybridized carbons (Fsp3) is 0.545. The third-order valence-electron chi connectivity index (χ3n) is 3.54. The number of halogens is 1. The summed E-state index contributed by atoms with van der Waals surface area (Å²) >= 11 is 0. The van der Waals surface area contributed by atoms with Crippen molar-refractivity contribution in [2.45, 2.75) is 31.0 Å². The van der Waals surface area contributed by atoms with E-state index in [1.165, 1.54) is 6.92 Å². The van der Waals surface area contributed by atoms with E-state index in [9.17, 15) is 33.3 Å². The maximum absolute atomic E-state index is 15.4. The predicted molar refractivity (Wildman–Crippen MR) is 96.1 cm³/mol. The SMILES string of the molecule is CC#CC1(F)[C@@H](O)[C@@H](COP(=O)(O)OP(=O)(O)OP(=O)(O)O)O[C@H]1n1ncc(=O)[nH]c1=O. The molecule has 0 aromatic carbocycles. The van der Waals surface area contributed by atoms with Gasteiger partial charge in [0.1, 0.15) is 18.4 Å². The Morgan fingerprint density at radius 3 is 2.41 bits per heavy atom. The summed E-state index contributed by atoms with van der Waals surface area (Å²) in [6, 6.07) is 0. The van der Waals surface area contributed by atoms with Gasteiger partial charge in [-0.05, 0) is 6.92 Å². The van der Waals surface area contributed by atoms with Crippen LogP contribution in [0.4, 0.5) is 4.39 Å². The maximum atomic E-state index is 15.4. The van der Waals surface area contributed by atoms with E-state index in [4.69, 9.17) is 19.4 Å². The Morgan fingerprint density at radius 2 is 1.88 bits per heavy atom. The lowest BCUT2D eigenvalue weighted by atomic mass is 9.97. The summed E-state index contributed by atoms with van der Waals surface area (Å²) in [6.45, 7) is -0.0515. The number of H-pyrrole nitrogens is 1. The van der Waals surface area contributed by atoms with E-state index in [0.717, 1.165) is 0 Å². The third-order valence-corrected chi connectivity index (χ3v) is 7.34. The molecule has 2 heterocycles. The summed E-state index contributed by atoms with van der Waals surface area (Å²) in [7, 11) is -17.0. The number of hydrogen-bond donors (Lipinski definition) is 6. The lowest BCUT2D eigenvalue weighted by Gasteiger charge is -2.23. The Kier molecular flexibility index (Phi) is 7.80. The van der Waals surface area contributed by atoms with Gasteiger partial charge < -0.3 is 29.4 Å². The van der Waals surface area contributed by atoms with Gasteiger partial charge in [-0.2, -0.15) is 18.4 Å². The van der Waals surface area contributed by atoms with Crippen LogP contribution in [0.1, 0.15) is 13.2 Å². The van der Waals surface area contributed by atoms with Gasteiger partial charge in [0, 0.05) is 0 Å². The number of alkyl halides is 1. The lowest BCUT2D eigenvalue weighted by Crippen LogP contribution is -2.46. The molecule has 6 atom stereocenters. The summed E-state index contributed by atoms with van der Waals surface area (Å²) in [5, 5.41) is 13.6. The van der Waals surface area contributed by atoms with E-state index in [2.05, 4.69) is 24.2 Å². The second-order valence-corrected chi connectivity index (χ2v) is 10.3. The Morgan fingerprint density at radius 1 is 1.25 bits per heavy atom. The minimum atomic E-state index is -5.81. The lowest BCUT2D eigenvalue weighted by molar-refractivity contribution is -0.0603. The number of aliphatic hydroxyl groups excluding tert-OH is 1. The average Bonchev–Trinajstić information content (AvgIpc) is 2.82. The van der Waals surface area contributed by atoms with Crippen LogP contribution in [-0.4, -0.2) is 63.9 Å². The monoisotopic (exact) mass is 525 g/mol. The van der Waals surface area contributed by atoms with Gasteiger partial charge >= 0.3 is 29.2 Å².